The predicted molar refractivity (Wildman–Crippen MR) is 117 cm³/mol. The Kier molecular flexibility index (Phi) is 7.16. The Morgan fingerprint density at radius 1 is 1.06 bits per heavy atom. The summed E-state index contributed by atoms with van der Waals surface area (Å²) in [5, 5.41) is 2.96. The molecule has 166 valence electrons. The molecule has 3 heterocycles. The molecule has 2 amide bonds. The monoisotopic (exact) mass is 444 g/mol. The predicted octanol–water partition coefficient (Wildman–Crippen LogP) is 1.65. The third-order valence-corrected chi connectivity index (χ3v) is 6.36. The standard InChI is InChI=1S/C22H28N4O4S/c1-17-23-18(16-31-17)15-30-20-5-3-2-4-19(20)22(28)26-8-6-24(7-9-26)14-21(27)25-10-12-29-13-11-25/h2-5,16H,6-15H2,1H3. The molecule has 2 aliphatic heterocycles. The second-order valence-electron chi connectivity index (χ2n) is 7.70. The molecule has 0 unspecified atom stereocenters. The molecule has 0 aliphatic carbocycles. The van der Waals surface area contributed by atoms with E-state index in [2.05, 4.69) is 9.88 Å². The Morgan fingerprint density at radius 2 is 1.81 bits per heavy atom. The number of thiazole rings is 1. The number of amides is 2. The molecule has 0 N–H and O–H groups in total. The molecule has 4 rings (SSSR count). The van der Waals surface area contributed by atoms with Crippen LogP contribution in [0.15, 0.2) is 29.6 Å². The molecule has 1 aromatic carbocycles. The van der Waals surface area contributed by atoms with E-state index >= 15 is 0 Å². The first-order valence-corrected chi connectivity index (χ1v) is 11.5. The van der Waals surface area contributed by atoms with Crippen LogP contribution in [-0.4, -0.2) is 90.5 Å². The number of para-hydroxylation sites is 1. The van der Waals surface area contributed by atoms with E-state index in [0.717, 1.165) is 10.7 Å². The van der Waals surface area contributed by atoms with Gasteiger partial charge in [-0.3, -0.25) is 14.5 Å². The zero-order valence-electron chi connectivity index (χ0n) is 17.8. The molecule has 2 aromatic rings. The van der Waals surface area contributed by atoms with E-state index < -0.39 is 0 Å². The van der Waals surface area contributed by atoms with Gasteiger partial charge in [0.25, 0.3) is 5.91 Å². The maximum atomic E-state index is 13.1. The third kappa shape index (κ3) is 5.61. The van der Waals surface area contributed by atoms with Crippen molar-refractivity contribution in [2.24, 2.45) is 0 Å². The molecular weight excluding hydrogens is 416 g/mol. The average Bonchev–Trinajstić information content (AvgIpc) is 3.23. The van der Waals surface area contributed by atoms with Crippen molar-refractivity contribution in [1.82, 2.24) is 19.7 Å². The zero-order chi connectivity index (χ0) is 21.6. The number of hydrogen-bond acceptors (Lipinski definition) is 7. The number of hydrogen-bond donors (Lipinski definition) is 0. The van der Waals surface area contributed by atoms with Gasteiger partial charge < -0.3 is 19.3 Å². The van der Waals surface area contributed by atoms with Gasteiger partial charge in [0.1, 0.15) is 12.4 Å². The molecule has 0 saturated carbocycles. The van der Waals surface area contributed by atoms with Gasteiger partial charge in [-0.1, -0.05) is 12.1 Å². The van der Waals surface area contributed by atoms with Crippen LogP contribution in [0.25, 0.3) is 0 Å². The highest BCUT2D eigenvalue weighted by atomic mass is 32.1. The Morgan fingerprint density at radius 3 is 2.52 bits per heavy atom. The van der Waals surface area contributed by atoms with Crippen LogP contribution in [0.3, 0.4) is 0 Å². The van der Waals surface area contributed by atoms with Crippen molar-refractivity contribution < 1.29 is 19.1 Å². The van der Waals surface area contributed by atoms with Crippen molar-refractivity contribution in [2.75, 3.05) is 59.0 Å². The third-order valence-electron chi connectivity index (χ3n) is 5.54. The number of carbonyl (C=O) groups excluding carboxylic acids is 2. The van der Waals surface area contributed by atoms with Gasteiger partial charge >= 0.3 is 0 Å². The SMILES string of the molecule is Cc1nc(COc2ccccc2C(=O)N2CCN(CC(=O)N3CCOCC3)CC2)cs1. The van der Waals surface area contributed by atoms with E-state index in [4.69, 9.17) is 9.47 Å². The Hall–Kier alpha value is -2.49. The molecule has 9 heteroatoms. The lowest BCUT2D eigenvalue weighted by Crippen LogP contribution is -2.52. The van der Waals surface area contributed by atoms with Crippen molar-refractivity contribution in [3.05, 3.63) is 45.9 Å². The summed E-state index contributed by atoms with van der Waals surface area (Å²) in [7, 11) is 0. The molecule has 31 heavy (non-hydrogen) atoms. The van der Waals surface area contributed by atoms with E-state index in [1.165, 1.54) is 0 Å². The summed E-state index contributed by atoms with van der Waals surface area (Å²) in [6, 6.07) is 7.35. The first-order valence-electron chi connectivity index (χ1n) is 10.6. The van der Waals surface area contributed by atoms with Crippen LogP contribution < -0.4 is 4.74 Å². The summed E-state index contributed by atoms with van der Waals surface area (Å²) in [6.45, 7) is 7.79. The number of benzene rings is 1. The van der Waals surface area contributed by atoms with Crippen LogP contribution in [0.2, 0.25) is 0 Å². The minimum atomic E-state index is -0.0378. The zero-order valence-corrected chi connectivity index (χ0v) is 18.6. The Balaban J connectivity index is 1.30. The van der Waals surface area contributed by atoms with E-state index in [1.54, 1.807) is 17.4 Å². The summed E-state index contributed by atoms with van der Waals surface area (Å²) in [5.41, 5.74) is 1.43. The highest BCUT2D eigenvalue weighted by molar-refractivity contribution is 7.09. The van der Waals surface area contributed by atoms with Gasteiger partial charge in [-0.15, -0.1) is 11.3 Å². The fourth-order valence-electron chi connectivity index (χ4n) is 3.78. The molecular formula is C22H28N4O4S. The van der Waals surface area contributed by atoms with E-state index in [0.29, 0.717) is 76.9 Å². The second-order valence-corrected chi connectivity index (χ2v) is 8.77. The van der Waals surface area contributed by atoms with Gasteiger partial charge in [-0.2, -0.15) is 0 Å². The molecule has 8 nitrogen and oxygen atoms in total. The maximum Gasteiger partial charge on any atom is 0.257 e. The summed E-state index contributed by atoms with van der Waals surface area (Å²) in [5.74, 6) is 0.673. The number of nitrogens with zero attached hydrogens (tertiary/aromatic N) is 4. The van der Waals surface area contributed by atoms with Crippen LogP contribution in [-0.2, 0) is 16.1 Å². The fourth-order valence-corrected chi connectivity index (χ4v) is 4.38. The number of ether oxygens (including phenoxy) is 2. The van der Waals surface area contributed by atoms with E-state index in [-0.39, 0.29) is 11.8 Å². The van der Waals surface area contributed by atoms with Crippen LogP contribution in [0.1, 0.15) is 21.1 Å². The van der Waals surface area contributed by atoms with Crippen molar-refractivity contribution in [3.8, 4) is 5.75 Å². The van der Waals surface area contributed by atoms with Crippen molar-refractivity contribution in [1.29, 1.82) is 0 Å². The highest BCUT2D eigenvalue weighted by Crippen LogP contribution is 2.22. The summed E-state index contributed by atoms with van der Waals surface area (Å²) in [6.07, 6.45) is 0. The number of carbonyl (C=O) groups is 2. The second kappa shape index (κ2) is 10.2. The fraction of sp³-hybridized carbons (Fsp3) is 0.500. The van der Waals surface area contributed by atoms with Gasteiger partial charge in [0, 0.05) is 44.6 Å². The number of rotatable bonds is 6. The first-order chi connectivity index (χ1) is 15.1. The summed E-state index contributed by atoms with van der Waals surface area (Å²) in [4.78, 5) is 35.8. The maximum absolute atomic E-state index is 13.1. The van der Waals surface area contributed by atoms with Gasteiger partial charge in [0.2, 0.25) is 5.91 Å². The lowest BCUT2D eigenvalue weighted by molar-refractivity contribution is -0.136. The van der Waals surface area contributed by atoms with E-state index in [1.807, 2.05) is 40.3 Å². The Bertz CT molecular complexity index is 904. The topological polar surface area (TPSA) is 75.2 Å². The van der Waals surface area contributed by atoms with Crippen molar-refractivity contribution in [3.63, 3.8) is 0 Å². The quantitative estimate of drug-likeness (QED) is 0.675. The minimum Gasteiger partial charge on any atom is -0.486 e. The number of aryl methyl sites for hydroxylation is 1. The largest absolute Gasteiger partial charge is 0.486 e. The molecule has 2 fully saturated rings. The van der Waals surface area contributed by atoms with Gasteiger partial charge in [0.05, 0.1) is 36.0 Å². The van der Waals surface area contributed by atoms with Gasteiger partial charge in [-0.05, 0) is 19.1 Å². The molecule has 0 bridgehead atoms. The highest BCUT2D eigenvalue weighted by Gasteiger charge is 2.26. The lowest BCUT2D eigenvalue weighted by Gasteiger charge is -2.36. The molecule has 2 aliphatic rings. The molecule has 0 spiro atoms. The van der Waals surface area contributed by atoms with Crippen molar-refractivity contribution in [2.45, 2.75) is 13.5 Å². The number of morpholine rings is 1. The number of piperazine rings is 1. The van der Waals surface area contributed by atoms with E-state index in [9.17, 15) is 9.59 Å². The average molecular weight is 445 g/mol. The number of aromatic nitrogens is 1. The molecule has 2 saturated heterocycles. The van der Waals surface area contributed by atoms with Crippen LogP contribution in [0.5, 0.6) is 5.75 Å². The lowest BCUT2D eigenvalue weighted by atomic mass is 10.1. The molecule has 0 atom stereocenters. The van der Waals surface area contributed by atoms with Gasteiger partial charge in [-0.25, -0.2) is 4.98 Å². The van der Waals surface area contributed by atoms with Crippen molar-refractivity contribution >= 4 is 23.2 Å². The van der Waals surface area contributed by atoms with Gasteiger partial charge in [0.15, 0.2) is 0 Å². The molecule has 0 radical (unpaired) electrons. The summed E-state index contributed by atoms with van der Waals surface area (Å²) < 4.78 is 11.2. The smallest absolute Gasteiger partial charge is 0.257 e. The first kappa shape index (κ1) is 21.7. The Labute approximate surface area is 186 Å². The normalized spacial score (nSPS) is 17.6. The summed E-state index contributed by atoms with van der Waals surface area (Å²) >= 11 is 1.58. The van der Waals surface area contributed by atoms with Crippen LogP contribution in [0.4, 0.5) is 0 Å². The van der Waals surface area contributed by atoms with Crippen LogP contribution in [0, 0.1) is 6.92 Å². The minimum absolute atomic E-state index is 0.0378. The van der Waals surface area contributed by atoms with Crippen LogP contribution >= 0.6 is 11.3 Å². The molecule has 1 aromatic heterocycles.